The molecule has 0 spiro atoms. The molecule has 1 heterocycles. The van der Waals surface area contributed by atoms with Gasteiger partial charge in [-0.3, -0.25) is 0 Å². The van der Waals surface area contributed by atoms with Gasteiger partial charge in [0.05, 0.1) is 5.60 Å². The van der Waals surface area contributed by atoms with Gasteiger partial charge in [-0.15, -0.1) is 0 Å². The minimum absolute atomic E-state index is 0.452. The summed E-state index contributed by atoms with van der Waals surface area (Å²) in [5.74, 6) is 1.78. The van der Waals surface area contributed by atoms with E-state index in [0.29, 0.717) is 24.0 Å². The molecule has 0 unspecified atom stereocenters. The summed E-state index contributed by atoms with van der Waals surface area (Å²) in [5, 5.41) is 13.3. The fourth-order valence-electron chi connectivity index (χ4n) is 2.15. The fraction of sp³-hybridized carbons (Fsp3) is 0.636. The second-order valence-electron chi connectivity index (χ2n) is 4.51. The molecule has 0 amide bonds. The molecule has 0 aromatic carbocycles. The summed E-state index contributed by atoms with van der Waals surface area (Å²) in [6.07, 6.45) is 3.92. The van der Waals surface area contributed by atoms with Crippen LogP contribution < -0.4 is 11.1 Å². The third-order valence-electron chi connectivity index (χ3n) is 2.99. The van der Waals surface area contributed by atoms with Crippen molar-refractivity contribution in [3.63, 3.8) is 0 Å². The van der Waals surface area contributed by atoms with Crippen LogP contribution in [0.5, 0.6) is 0 Å². The maximum Gasteiger partial charge on any atom is 0.131 e. The number of anilines is 2. The Hall–Kier alpha value is -1.36. The lowest BCUT2D eigenvalue weighted by Crippen LogP contribution is -2.33. The fourth-order valence-corrected chi connectivity index (χ4v) is 2.15. The van der Waals surface area contributed by atoms with Gasteiger partial charge in [-0.05, 0) is 19.8 Å². The quantitative estimate of drug-likeness (QED) is 0.712. The molecule has 1 aromatic heterocycles. The third-order valence-corrected chi connectivity index (χ3v) is 2.99. The summed E-state index contributed by atoms with van der Waals surface area (Å²) < 4.78 is 0. The van der Waals surface area contributed by atoms with E-state index in [9.17, 15) is 5.11 Å². The Labute approximate surface area is 95.1 Å². The molecule has 0 bridgehead atoms. The number of hydrogen-bond acceptors (Lipinski definition) is 5. The monoisotopic (exact) mass is 222 g/mol. The predicted octanol–water partition coefficient (Wildman–Crippen LogP) is 1.08. The first-order valence-electron chi connectivity index (χ1n) is 5.65. The van der Waals surface area contributed by atoms with Gasteiger partial charge in [-0.1, -0.05) is 12.8 Å². The normalized spacial score (nSPS) is 18.6. The first-order chi connectivity index (χ1) is 7.57. The summed E-state index contributed by atoms with van der Waals surface area (Å²) in [6, 6.07) is 1.69. The van der Waals surface area contributed by atoms with Crippen molar-refractivity contribution in [1.82, 2.24) is 9.97 Å². The first kappa shape index (κ1) is 11.1. The molecule has 4 N–H and O–H groups in total. The smallest absolute Gasteiger partial charge is 0.131 e. The molecule has 1 aliphatic carbocycles. The van der Waals surface area contributed by atoms with Gasteiger partial charge in [-0.25, -0.2) is 9.97 Å². The number of aromatic nitrogens is 2. The summed E-state index contributed by atoms with van der Waals surface area (Å²) in [5.41, 5.74) is 5.05. The molecule has 5 heteroatoms. The highest BCUT2D eigenvalue weighted by molar-refractivity contribution is 5.44. The minimum Gasteiger partial charge on any atom is -0.388 e. The van der Waals surface area contributed by atoms with Gasteiger partial charge in [0.2, 0.25) is 0 Å². The second kappa shape index (κ2) is 4.25. The van der Waals surface area contributed by atoms with E-state index in [4.69, 9.17) is 5.73 Å². The lowest BCUT2D eigenvalue weighted by Gasteiger charge is -2.22. The van der Waals surface area contributed by atoms with Crippen molar-refractivity contribution in [3.8, 4) is 0 Å². The number of aliphatic hydroxyl groups is 1. The van der Waals surface area contributed by atoms with Crippen LogP contribution in [0.4, 0.5) is 11.6 Å². The van der Waals surface area contributed by atoms with Gasteiger partial charge in [0.25, 0.3) is 0 Å². The van der Waals surface area contributed by atoms with Crippen molar-refractivity contribution >= 4 is 11.6 Å². The van der Waals surface area contributed by atoms with Gasteiger partial charge in [-0.2, -0.15) is 0 Å². The topological polar surface area (TPSA) is 84.1 Å². The Morgan fingerprint density at radius 2 is 2.12 bits per heavy atom. The molecule has 2 rings (SSSR count). The Kier molecular flexibility index (Phi) is 2.96. The Balaban J connectivity index is 1.98. The number of hydrogen-bond donors (Lipinski definition) is 3. The van der Waals surface area contributed by atoms with Crippen LogP contribution in [-0.2, 0) is 0 Å². The van der Waals surface area contributed by atoms with Crippen LogP contribution in [0.3, 0.4) is 0 Å². The molecule has 16 heavy (non-hydrogen) atoms. The van der Waals surface area contributed by atoms with E-state index in [1.165, 1.54) is 0 Å². The lowest BCUT2D eigenvalue weighted by molar-refractivity contribution is 0.0614. The van der Waals surface area contributed by atoms with E-state index in [-0.39, 0.29) is 0 Å². The van der Waals surface area contributed by atoms with Crippen LogP contribution in [-0.4, -0.2) is 27.2 Å². The van der Waals surface area contributed by atoms with Crippen LogP contribution in [0.25, 0.3) is 0 Å². The molecule has 1 aromatic rings. The zero-order chi connectivity index (χ0) is 11.6. The van der Waals surface area contributed by atoms with Crippen LogP contribution in [0, 0.1) is 6.92 Å². The van der Waals surface area contributed by atoms with Crippen molar-refractivity contribution in [2.45, 2.75) is 38.2 Å². The first-order valence-corrected chi connectivity index (χ1v) is 5.65. The molecule has 0 saturated heterocycles. The molecular weight excluding hydrogens is 204 g/mol. The van der Waals surface area contributed by atoms with Crippen molar-refractivity contribution in [1.29, 1.82) is 0 Å². The molecule has 5 nitrogen and oxygen atoms in total. The number of nitrogen functional groups attached to an aromatic ring is 1. The Bertz CT molecular complexity index is 354. The largest absolute Gasteiger partial charge is 0.388 e. The molecule has 0 aliphatic heterocycles. The van der Waals surface area contributed by atoms with E-state index in [2.05, 4.69) is 15.3 Å². The highest BCUT2D eigenvalue weighted by atomic mass is 16.3. The lowest BCUT2D eigenvalue weighted by atomic mass is 10.0. The molecule has 1 saturated carbocycles. The minimum atomic E-state index is -0.576. The van der Waals surface area contributed by atoms with Gasteiger partial charge >= 0.3 is 0 Å². The molecule has 0 radical (unpaired) electrons. The molecule has 1 fully saturated rings. The highest BCUT2D eigenvalue weighted by Gasteiger charge is 2.30. The number of aryl methyl sites for hydroxylation is 1. The van der Waals surface area contributed by atoms with E-state index >= 15 is 0 Å². The average molecular weight is 222 g/mol. The number of nitrogens with two attached hydrogens (primary N) is 1. The van der Waals surface area contributed by atoms with Gasteiger partial charge in [0.15, 0.2) is 0 Å². The molecule has 1 aliphatic rings. The maximum absolute atomic E-state index is 10.2. The summed E-state index contributed by atoms with van der Waals surface area (Å²) in [4.78, 5) is 8.21. The summed E-state index contributed by atoms with van der Waals surface area (Å²) >= 11 is 0. The third kappa shape index (κ3) is 2.61. The molecular formula is C11H18N4O. The molecule has 0 atom stereocenters. The Morgan fingerprint density at radius 1 is 1.44 bits per heavy atom. The van der Waals surface area contributed by atoms with Crippen molar-refractivity contribution < 1.29 is 5.11 Å². The van der Waals surface area contributed by atoms with E-state index < -0.39 is 5.60 Å². The predicted molar refractivity (Wildman–Crippen MR) is 63.1 cm³/mol. The van der Waals surface area contributed by atoms with Gasteiger partial charge < -0.3 is 16.2 Å². The zero-order valence-corrected chi connectivity index (χ0v) is 9.53. The van der Waals surface area contributed by atoms with Crippen molar-refractivity contribution in [2.24, 2.45) is 0 Å². The summed E-state index contributed by atoms with van der Waals surface area (Å²) in [6.45, 7) is 2.33. The van der Waals surface area contributed by atoms with Crippen molar-refractivity contribution in [3.05, 3.63) is 11.9 Å². The van der Waals surface area contributed by atoms with E-state index in [0.717, 1.165) is 25.7 Å². The van der Waals surface area contributed by atoms with Crippen LogP contribution in [0.2, 0.25) is 0 Å². The zero-order valence-electron chi connectivity index (χ0n) is 9.53. The van der Waals surface area contributed by atoms with E-state index in [1.807, 2.05) is 0 Å². The maximum atomic E-state index is 10.2. The molecule has 88 valence electrons. The Morgan fingerprint density at radius 3 is 2.75 bits per heavy atom. The number of nitrogens with zero attached hydrogens (tertiary/aromatic N) is 2. The highest BCUT2D eigenvalue weighted by Crippen LogP contribution is 2.29. The second-order valence-corrected chi connectivity index (χ2v) is 4.51. The standard InChI is InChI=1S/C11H18N4O/c1-8-14-9(12)6-10(15-8)13-7-11(16)4-2-3-5-11/h6,16H,2-5,7H2,1H3,(H3,12,13,14,15). The van der Waals surface area contributed by atoms with Gasteiger partial charge in [0, 0.05) is 12.6 Å². The number of rotatable bonds is 3. The average Bonchev–Trinajstić information content (AvgIpc) is 2.62. The SMILES string of the molecule is Cc1nc(N)cc(NCC2(O)CCCC2)n1. The van der Waals surface area contributed by atoms with E-state index in [1.54, 1.807) is 13.0 Å². The van der Waals surface area contributed by atoms with Crippen LogP contribution in [0.1, 0.15) is 31.5 Å². The summed E-state index contributed by atoms with van der Waals surface area (Å²) in [7, 11) is 0. The van der Waals surface area contributed by atoms with Crippen LogP contribution in [0.15, 0.2) is 6.07 Å². The van der Waals surface area contributed by atoms with Crippen LogP contribution >= 0.6 is 0 Å². The number of nitrogens with one attached hydrogen (secondary N) is 1. The van der Waals surface area contributed by atoms with Gasteiger partial charge in [0.1, 0.15) is 17.5 Å². The van der Waals surface area contributed by atoms with Crippen molar-refractivity contribution in [2.75, 3.05) is 17.6 Å².